The molecule has 1 heterocycles. The third-order valence-electron chi connectivity index (χ3n) is 3.52. The summed E-state index contributed by atoms with van der Waals surface area (Å²) in [5.41, 5.74) is 2.35. The normalized spacial score (nSPS) is 10.5. The summed E-state index contributed by atoms with van der Waals surface area (Å²) < 4.78 is 0. The number of amides is 1. The van der Waals surface area contributed by atoms with Crippen molar-refractivity contribution in [2.75, 3.05) is 5.32 Å². The summed E-state index contributed by atoms with van der Waals surface area (Å²) in [6.45, 7) is 1.90. The summed E-state index contributed by atoms with van der Waals surface area (Å²) in [6.07, 6.45) is 0. The van der Waals surface area contributed by atoms with E-state index in [0.717, 1.165) is 16.6 Å². The highest BCUT2D eigenvalue weighted by atomic mass is 16.4. The third-order valence-corrected chi connectivity index (χ3v) is 3.52. The highest BCUT2D eigenvalue weighted by molar-refractivity contribution is 6.13. The van der Waals surface area contributed by atoms with Crippen LogP contribution in [0.1, 0.15) is 26.4 Å². The van der Waals surface area contributed by atoms with E-state index in [9.17, 15) is 14.7 Å². The molecule has 5 heteroatoms. The molecule has 0 radical (unpaired) electrons. The molecule has 0 saturated heterocycles. The fraction of sp³-hybridized carbons (Fsp3) is 0.0556. The van der Waals surface area contributed by atoms with E-state index in [2.05, 4.69) is 10.3 Å². The first-order chi connectivity index (χ1) is 11.1. The van der Waals surface area contributed by atoms with Crippen LogP contribution in [-0.4, -0.2) is 22.0 Å². The Morgan fingerprint density at radius 2 is 1.70 bits per heavy atom. The maximum atomic E-state index is 12.5. The summed E-state index contributed by atoms with van der Waals surface area (Å²) >= 11 is 0. The molecule has 3 rings (SSSR count). The van der Waals surface area contributed by atoms with Gasteiger partial charge in [-0.1, -0.05) is 18.2 Å². The number of hydrogen-bond acceptors (Lipinski definition) is 3. The number of carbonyl (C=O) groups is 2. The van der Waals surface area contributed by atoms with Crippen molar-refractivity contribution in [2.24, 2.45) is 0 Å². The lowest BCUT2D eigenvalue weighted by molar-refractivity contribution is 0.0692. The van der Waals surface area contributed by atoms with Crippen LogP contribution in [0.3, 0.4) is 0 Å². The Morgan fingerprint density at radius 3 is 2.43 bits per heavy atom. The van der Waals surface area contributed by atoms with Gasteiger partial charge in [-0.2, -0.15) is 0 Å². The van der Waals surface area contributed by atoms with Crippen molar-refractivity contribution in [1.82, 2.24) is 4.98 Å². The number of anilines is 1. The highest BCUT2D eigenvalue weighted by Gasteiger charge is 2.16. The number of hydrogen-bond donors (Lipinski definition) is 2. The predicted molar refractivity (Wildman–Crippen MR) is 87.8 cm³/mol. The van der Waals surface area contributed by atoms with Gasteiger partial charge in [-0.15, -0.1) is 0 Å². The quantitative estimate of drug-likeness (QED) is 0.776. The molecular formula is C18H14N2O3. The van der Waals surface area contributed by atoms with Crippen LogP contribution in [0.5, 0.6) is 0 Å². The van der Waals surface area contributed by atoms with Crippen molar-refractivity contribution in [3.63, 3.8) is 0 Å². The monoisotopic (exact) mass is 306 g/mol. The maximum absolute atomic E-state index is 12.5. The number of pyridine rings is 1. The first-order valence-corrected chi connectivity index (χ1v) is 7.06. The summed E-state index contributed by atoms with van der Waals surface area (Å²) in [4.78, 5) is 28.1. The molecule has 0 aliphatic rings. The van der Waals surface area contributed by atoms with Crippen LogP contribution in [0.4, 0.5) is 5.69 Å². The average Bonchev–Trinajstić information content (AvgIpc) is 2.54. The lowest BCUT2D eigenvalue weighted by Gasteiger charge is -2.10. The van der Waals surface area contributed by atoms with Gasteiger partial charge in [-0.3, -0.25) is 9.78 Å². The number of carbonyl (C=O) groups excluding carboxylic acids is 1. The van der Waals surface area contributed by atoms with Crippen molar-refractivity contribution in [1.29, 1.82) is 0 Å². The molecule has 2 aromatic carbocycles. The number of aryl methyl sites for hydroxylation is 1. The van der Waals surface area contributed by atoms with Crippen LogP contribution >= 0.6 is 0 Å². The van der Waals surface area contributed by atoms with Crippen LogP contribution in [-0.2, 0) is 0 Å². The number of nitrogens with zero attached hydrogens (tertiary/aromatic N) is 1. The number of rotatable bonds is 3. The Bertz CT molecular complexity index is 919. The largest absolute Gasteiger partial charge is 0.478 e. The van der Waals surface area contributed by atoms with Gasteiger partial charge in [0.15, 0.2) is 0 Å². The van der Waals surface area contributed by atoms with Crippen LogP contribution in [0.2, 0.25) is 0 Å². The molecule has 0 atom stereocenters. The van der Waals surface area contributed by atoms with Gasteiger partial charge in [0.25, 0.3) is 5.91 Å². The van der Waals surface area contributed by atoms with Gasteiger partial charge in [-0.25, -0.2) is 4.79 Å². The SMILES string of the molecule is Cc1ccc2c(NC(=O)c3ccccc3C(=O)O)cccc2n1. The predicted octanol–water partition coefficient (Wildman–Crippen LogP) is 3.49. The molecule has 0 aliphatic carbocycles. The Hall–Kier alpha value is -3.21. The second-order valence-corrected chi connectivity index (χ2v) is 5.13. The van der Waals surface area contributed by atoms with Gasteiger partial charge in [-0.05, 0) is 43.3 Å². The van der Waals surface area contributed by atoms with Gasteiger partial charge >= 0.3 is 5.97 Å². The number of nitrogens with one attached hydrogen (secondary N) is 1. The Morgan fingerprint density at radius 1 is 0.957 bits per heavy atom. The van der Waals surface area contributed by atoms with Gasteiger partial charge in [0.1, 0.15) is 0 Å². The molecule has 2 N–H and O–H groups in total. The molecule has 1 amide bonds. The first kappa shape index (κ1) is 14.7. The van der Waals surface area contributed by atoms with Crippen molar-refractivity contribution >= 4 is 28.5 Å². The zero-order valence-electron chi connectivity index (χ0n) is 12.4. The lowest BCUT2D eigenvalue weighted by Crippen LogP contribution is -2.16. The zero-order chi connectivity index (χ0) is 16.4. The number of carboxylic acid groups (broad SMARTS) is 1. The first-order valence-electron chi connectivity index (χ1n) is 7.06. The number of carboxylic acids is 1. The number of aromatic carboxylic acids is 1. The molecular weight excluding hydrogens is 292 g/mol. The molecule has 0 bridgehead atoms. The summed E-state index contributed by atoms with van der Waals surface area (Å²) in [5.74, 6) is -1.60. The molecule has 0 fully saturated rings. The lowest BCUT2D eigenvalue weighted by atomic mass is 10.1. The fourth-order valence-electron chi connectivity index (χ4n) is 2.42. The maximum Gasteiger partial charge on any atom is 0.336 e. The van der Waals surface area contributed by atoms with E-state index < -0.39 is 11.9 Å². The number of fused-ring (bicyclic) bond motifs is 1. The molecule has 0 aliphatic heterocycles. The molecule has 23 heavy (non-hydrogen) atoms. The topological polar surface area (TPSA) is 79.3 Å². The zero-order valence-corrected chi connectivity index (χ0v) is 12.4. The minimum Gasteiger partial charge on any atom is -0.478 e. The summed E-state index contributed by atoms with van der Waals surface area (Å²) in [6, 6.07) is 15.3. The standard InChI is InChI=1S/C18H14N2O3/c1-11-9-10-14-15(19-11)7-4-8-16(14)20-17(21)12-5-2-3-6-13(12)18(22)23/h2-10H,1H3,(H,20,21)(H,22,23). The van der Waals surface area contributed by atoms with Crippen LogP contribution in [0.25, 0.3) is 10.9 Å². The van der Waals surface area contributed by atoms with Crippen molar-refractivity contribution in [2.45, 2.75) is 6.92 Å². The van der Waals surface area contributed by atoms with Gasteiger partial charge in [0.2, 0.25) is 0 Å². The van der Waals surface area contributed by atoms with Crippen molar-refractivity contribution in [3.05, 3.63) is 71.4 Å². The average molecular weight is 306 g/mol. The minimum atomic E-state index is -1.13. The van der Waals surface area contributed by atoms with E-state index in [-0.39, 0.29) is 11.1 Å². The molecule has 3 aromatic rings. The van der Waals surface area contributed by atoms with E-state index in [1.165, 1.54) is 12.1 Å². The molecule has 5 nitrogen and oxygen atoms in total. The van der Waals surface area contributed by atoms with E-state index in [0.29, 0.717) is 5.69 Å². The molecule has 114 valence electrons. The Balaban J connectivity index is 2.00. The van der Waals surface area contributed by atoms with Gasteiger partial charge in [0, 0.05) is 11.1 Å². The number of aromatic nitrogens is 1. The van der Waals surface area contributed by atoms with Crippen molar-refractivity contribution in [3.8, 4) is 0 Å². The van der Waals surface area contributed by atoms with E-state index in [4.69, 9.17) is 0 Å². The fourth-order valence-corrected chi connectivity index (χ4v) is 2.42. The molecule has 0 saturated carbocycles. The smallest absolute Gasteiger partial charge is 0.336 e. The van der Waals surface area contributed by atoms with E-state index in [1.54, 1.807) is 24.3 Å². The third kappa shape index (κ3) is 2.89. The van der Waals surface area contributed by atoms with E-state index >= 15 is 0 Å². The van der Waals surface area contributed by atoms with Gasteiger partial charge < -0.3 is 10.4 Å². The summed E-state index contributed by atoms with van der Waals surface area (Å²) in [7, 11) is 0. The minimum absolute atomic E-state index is 0.0285. The molecule has 0 unspecified atom stereocenters. The summed E-state index contributed by atoms with van der Waals surface area (Å²) in [5, 5.41) is 12.8. The van der Waals surface area contributed by atoms with E-state index in [1.807, 2.05) is 25.1 Å². The molecule has 1 aromatic heterocycles. The second-order valence-electron chi connectivity index (χ2n) is 5.13. The van der Waals surface area contributed by atoms with Crippen LogP contribution in [0.15, 0.2) is 54.6 Å². The van der Waals surface area contributed by atoms with Gasteiger partial charge in [0.05, 0.1) is 22.3 Å². The van der Waals surface area contributed by atoms with Crippen LogP contribution < -0.4 is 5.32 Å². The van der Waals surface area contributed by atoms with Crippen LogP contribution in [0, 0.1) is 6.92 Å². The van der Waals surface area contributed by atoms with Crippen molar-refractivity contribution < 1.29 is 14.7 Å². The highest BCUT2D eigenvalue weighted by Crippen LogP contribution is 2.23. The Labute approximate surface area is 132 Å². The second kappa shape index (κ2) is 5.88. The number of benzene rings is 2. The Kier molecular flexibility index (Phi) is 3.76. The molecule has 0 spiro atoms.